The number of amides is 1. The highest BCUT2D eigenvalue weighted by Gasteiger charge is 2.07. The van der Waals surface area contributed by atoms with Crippen LogP contribution in [0.15, 0.2) is 24.3 Å². The maximum atomic E-state index is 11.4. The molecule has 5 nitrogen and oxygen atoms in total. The number of benzene rings is 1. The van der Waals surface area contributed by atoms with E-state index in [0.717, 1.165) is 5.56 Å². The molecule has 0 aromatic heterocycles. The summed E-state index contributed by atoms with van der Waals surface area (Å²) in [5.41, 5.74) is 1.09. The van der Waals surface area contributed by atoms with Gasteiger partial charge in [0.2, 0.25) is 5.91 Å². The minimum absolute atomic E-state index is 0.0650. The third-order valence-electron chi connectivity index (χ3n) is 2.18. The highest BCUT2D eigenvalue weighted by Crippen LogP contribution is 2.12. The van der Waals surface area contributed by atoms with Crippen LogP contribution in [0.25, 0.3) is 0 Å². The Balaban J connectivity index is 2.30. The van der Waals surface area contributed by atoms with Crippen LogP contribution in [0.3, 0.4) is 0 Å². The van der Waals surface area contributed by atoms with Crippen LogP contribution in [0.4, 0.5) is 0 Å². The third kappa shape index (κ3) is 5.29. The van der Waals surface area contributed by atoms with Crippen LogP contribution < -0.4 is 4.18 Å². The molecule has 0 bridgehead atoms. The molecule has 0 radical (unpaired) electrons. The van der Waals surface area contributed by atoms with Gasteiger partial charge in [0, 0.05) is 14.1 Å². The lowest BCUT2D eigenvalue weighted by Crippen LogP contribution is -2.23. The molecule has 0 aliphatic carbocycles. The van der Waals surface area contributed by atoms with Crippen LogP contribution in [0.5, 0.6) is 5.75 Å². The quantitative estimate of drug-likeness (QED) is 0.785. The van der Waals surface area contributed by atoms with Gasteiger partial charge in [-0.3, -0.25) is 8.98 Å². The summed E-state index contributed by atoms with van der Waals surface area (Å²) in [6.07, 6.45) is 0.177. The average molecular weight is 271 g/mol. The molecule has 18 heavy (non-hydrogen) atoms. The van der Waals surface area contributed by atoms with Crippen LogP contribution in [0.1, 0.15) is 12.0 Å². The number of hydrogen-bond acceptors (Lipinski definition) is 4. The minimum atomic E-state index is -1.88. The van der Waals surface area contributed by atoms with E-state index in [1.54, 1.807) is 26.2 Å². The van der Waals surface area contributed by atoms with E-state index in [2.05, 4.69) is 0 Å². The van der Waals surface area contributed by atoms with E-state index >= 15 is 0 Å². The molecule has 100 valence electrons. The topological polar surface area (TPSA) is 55.8 Å². The fraction of sp³-hybridized carbons (Fsp3) is 0.417. The van der Waals surface area contributed by atoms with Crippen molar-refractivity contribution in [2.75, 3.05) is 20.7 Å². The van der Waals surface area contributed by atoms with Crippen LogP contribution in [-0.4, -0.2) is 35.7 Å². The Labute approximate surface area is 110 Å². The van der Waals surface area contributed by atoms with Gasteiger partial charge in [0.05, 0.1) is 13.0 Å². The van der Waals surface area contributed by atoms with E-state index in [1.165, 1.54) is 4.90 Å². The molecular weight excluding hydrogens is 254 g/mol. The lowest BCUT2D eigenvalue weighted by molar-refractivity contribution is -0.129. The Hall–Kier alpha value is -1.40. The molecule has 1 atom stereocenters. The highest BCUT2D eigenvalue weighted by atomic mass is 32.2. The van der Waals surface area contributed by atoms with Gasteiger partial charge in [-0.25, -0.2) is 0 Å². The van der Waals surface area contributed by atoms with E-state index in [-0.39, 0.29) is 18.9 Å². The predicted octanol–water partition coefficient (Wildman–Crippen LogP) is 1.45. The molecule has 1 aromatic carbocycles. The van der Waals surface area contributed by atoms with E-state index < -0.39 is 11.4 Å². The summed E-state index contributed by atoms with van der Waals surface area (Å²) >= 11 is -1.88. The van der Waals surface area contributed by atoms with Crippen LogP contribution in [0.2, 0.25) is 0 Å². The SMILES string of the molecule is Cc1ccc(OS(=O)OCCC(=O)N(C)C)cc1. The Morgan fingerprint density at radius 3 is 2.44 bits per heavy atom. The molecule has 6 heteroatoms. The molecule has 1 rings (SSSR count). The number of aryl methyl sites for hydroxylation is 1. The van der Waals surface area contributed by atoms with Crippen molar-refractivity contribution in [1.29, 1.82) is 0 Å². The molecular formula is C12H17NO4S. The lowest BCUT2D eigenvalue weighted by atomic mass is 10.2. The van der Waals surface area contributed by atoms with Crippen molar-refractivity contribution in [1.82, 2.24) is 4.90 Å². The molecule has 0 aliphatic heterocycles. The Morgan fingerprint density at radius 1 is 1.28 bits per heavy atom. The highest BCUT2D eigenvalue weighted by molar-refractivity contribution is 7.75. The van der Waals surface area contributed by atoms with E-state index in [9.17, 15) is 9.00 Å². The summed E-state index contributed by atoms with van der Waals surface area (Å²) in [6, 6.07) is 7.12. The normalized spacial score (nSPS) is 11.9. The number of carbonyl (C=O) groups is 1. The van der Waals surface area contributed by atoms with E-state index in [0.29, 0.717) is 5.75 Å². The predicted molar refractivity (Wildman–Crippen MR) is 69.2 cm³/mol. The van der Waals surface area contributed by atoms with Gasteiger partial charge < -0.3 is 9.08 Å². The van der Waals surface area contributed by atoms with Crippen molar-refractivity contribution >= 4 is 17.3 Å². The number of carbonyl (C=O) groups excluding carboxylic acids is 1. The van der Waals surface area contributed by atoms with Crippen LogP contribution in [-0.2, 0) is 20.3 Å². The minimum Gasteiger partial charge on any atom is -0.380 e. The first-order valence-electron chi connectivity index (χ1n) is 5.49. The van der Waals surface area contributed by atoms with Crippen LogP contribution >= 0.6 is 0 Å². The molecule has 0 fully saturated rings. The molecule has 1 amide bonds. The molecule has 0 saturated heterocycles. The van der Waals surface area contributed by atoms with Gasteiger partial charge in [-0.15, -0.1) is 0 Å². The Kier molecular flexibility index (Phi) is 5.80. The standard InChI is InChI=1S/C12H17NO4S/c1-10-4-6-11(7-5-10)17-18(15)16-9-8-12(14)13(2)3/h4-7H,8-9H2,1-3H3. The van der Waals surface area contributed by atoms with Crippen LogP contribution in [0, 0.1) is 6.92 Å². The first-order chi connectivity index (χ1) is 8.49. The third-order valence-corrected chi connectivity index (χ3v) is 2.87. The van der Waals surface area contributed by atoms with Crippen molar-refractivity contribution in [3.63, 3.8) is 0 Å². The molecule has 0 N–H and O–H groups in total. The first-order valence-corrected chi connectivity index (χ1v) is 6.49. The maximum absolute atomic E-state index is 11.4. The Morgan fingerprint density at radius 2 is 1.89 bits per heavy atom. The lowest BCUT2D eigenvalue weighted by Gasteiger charge is -2.09. The summed E-state index contributed by atoms with van der Waals surface area (Å²) in [6.45, 7) is 2.01. The van der Waals surface area contributed by atoms with E-state index in [1.807, 2.05) is 19.1 Å². The average Bonchev–Trinajstić information content (AvgIpc) is 2.32. The van der Waals surface area contributed by atoms with Gasteiger partial charge in [0.25, 0.3) is 0 Å². The van der Waals surface area contributed by atoms with Crippen molar-refractivity contribution in [3.05, 3.63) is 29.8 Å². The molecule has 0 heterocycles. The molecule has 1 unspecified atom stereocenters. The van der Waals surface area contributed by atoms with Gasteiger partial charge in [0.1, 0.15) is 5.75 Å². The van der Waals surface area contributed by atoms with Crippen molar-refractivity contribution in [3.8, 4) is 5.75 Å². The molecule has 0 spiro atoms. The van der Waals surface area contributed by atoms with E-state index in [4.69, 9.17) is 8.37 Å². The molecule has 0 saturated carbocycles. The van der Waals surface area contributed by atoms with Crippen molar-refractivity contribution in [2.24, 2.45) is 0 Å². The van der Waals surface area contributed by atoms with Gasteiger partial charge in [0.15, 0.2) is 0 Å². The van der Waals surface area contributed by atoms with Crippen molar-refractivity contribution in [2.45, 2.75) is 13.3 Å². The zero-order valence-electron chi connectivity index (χ0n) is 10.7. The second kappa shape index (κ2) is 7.13. The monoisotopic (exact) mass is 271 g/mol. The summed E-state index contributed by atoms with van der Waals surface area (Å²) in [4.78, 5) is 12.7. The first kappa shape index (κ1) is 14.7. The fourth-order valence-electron chi connectivity index (χ4n) is 1.12. The summed E-state index contributed by atoms with van der Waals surface area (Å²) in [5, 5.41) is 0. The second-order valence-electron chi connectivity index (χ2n) is 3.96. The van der Waals surface area contributed by atoms with Gasteiger partial charge in [-0.05, 0) is 19.1 Å². The number of rotatable bonds is 6. The number of nitrogens with zero attached hydrogens (tertiary/aromatic N) is 1. The van der Waals surface area contributed by atoms with Gasteiger partial charge in [-0.1, -0.05) is 17.7 Å². The smallest absolute Gasteiger partial charge is 0.360 e. The van der Waals surface area contributed by atoms with Gasteiger partial charge in [-0.2, -0.15) is 4.21 Å². The summed E-state index contributed by atoms with van der Waals surface area (Å²) < 4.78 is 21.3. The Bertz CT molecular complexity index is 417. The molecule has 1 aromatic rings. The zero-order chi connectivity index (χ0) is 13.5. The van der Waals surface area contributed by atoms with Gasteiger partial charge >= 0.3 is 11.4 Å². The fourth-order valence-corrected chi connectivity index (χ4v) is 1.65. The number of hydrogen-bond donors (Lipinski definition) is 0. The summed E-state index contributed by atoms with van der Waals surface area (Å²) in [7, 11) is 3.31. The zero-order valence-corrected chi connectivity index (χ0v) is 11.5. The largest absolute Gasteiger partial charge is 0.380 e. The second-order valence-corrected chi connectivity index (χ2v) is 4.77. The van der Waals surface area contributed by atoms with Crippen molar-refractivity contribution < 1.29 is 17.4 Å². The summed E-state index contributed by atoms with van der Waals surface area (Å²) in [5.74, 6) is 0.389. The molecule has 0 aliphatic rings. The maximum Gasteiger partial charge on any atom is 0.360 e.